The summed E-state index contributed by atoms with van der Waals surface area (Å²) in [4.78, 5) is 27.9. The molecule has 0 radical (unpaired) electrons. The molecule has 1 unspecified atom stereocenters. The van der Waals surface area contributed by atoms with Gasteiger partial charge in [0.1, 0.15) is 5.69 Å². The van der Waals surface area contributed by atoms with E-state index in [1.54, 1.807) is 11.9 Å². The van der Waals surface area contributed by atoms with Crippen LogP contribution in [0, 0.1) is 0 Å². The first-order valence-corrected chi connectivity index (χ1v) is 5.43. The molecule has 1 heterocycles. The Hall–Kier alpha value is -1.91. The van der Waals surface area contributed by atoms with Crippen LogP contribution in [0.4, 0.5) is 0 Å². The molecule has 1 aromatic heterocycles. The molecule has 1 amide bonds. The van der Waals surface area contributed by atoms with Crippen LogP contribution in [0.25, 0.3) is 0 Å². The number of hydrogen-bond acceptors (Lipinski definition) is 3. The predicted octanol–water partition coefficient (Wildman–Crippen LogP) is 1.65. The molecule has 0 spiro atoms. The molecule has 0 bridgehead atoms. The van der Waals surface area contributed by atoms with Crippen LogP contribution < -0.4 is 0 Å². The molecule has 0 aliphatic rings. The fraction of sp³-hybridized carbons (Fsp3) is 0.417. The zero-order chi connectivity index (χ0) is 13.0. The van der Waals surface area contributed by atoms with Gasteiger partial charge in [-0.3, -0.25) is 4.79 Å². The molecule has 0 fully saturated rings. The number of hydrogen-bond donors (Lipinski definition) is 1. The third-order valence-electron chi connectivity index (χ3n) is 2.80. The Morgan fingerprint density at radius 1 is 1.47 bits per heavy atom. The first-order valence-electron chi connectivity index (χ1n) is 5.43. The Morgan fingerprint density at radius 2 is 2.12 bits per heavy atom. The van der Waals surface area contributed by atoms with Gasteiger partial charge in [0.25, 0.3) is 5.91 Å². The molecule has 1 atom stereocenters. The van der Waals surface area contributed by atoms with Gasteiger partial charge in [-0.15, -0.1) is 0 Å². The van der Waals surface area contributed by atoms with Crippen LogP contribution in [0.5, 0.6) is 0 Å². The summed E-state index contributed by atoms with van der Waals surface area (Å²) in [5.41, 5.74) is 0.338. The van der Waals surface area contributed by atoms with E-state index in [4.69, 9.17) is 5.11 Å². The zero-order valence-electron chi connectivity index (χ0n) is 10.2. The number of nitrogens with zero attached hydrogens (tertiary/aromatic N) is 2. The number of carboxylic acids is 1. The van der Waals surface area contributed by atoms with Gasteiger partial charge in [0, 0.05) is 19.3 Å². The summed E-state index contributed by atoms with van der Waals surface area (Å²) >= 11 is 0. The Morgan fingerprint density at radius 3 is 2.53 bits per heavy atom. The minimum Gasteiger partial charge on any atom is -0.477 e. The van der Waals surface area contributed by atoms with Gasteiger partial charge >= 0.3 is 5.97 Å². The lowest BCUT2D eigenvalue weighted by Gasteiger charge is -2.23. The van der Waals surface area contributed by atoms with E-state index >= 15 is 0 Å². The minimum atomic E-state index is -1.10. The highest BCUT2D eigenvalue weighted by atomic mass is 16.4. The Labute approximate surface area is 100 Å². The normalized spacial score (nSPS) is 11.9. The van der Waals surface area contributed by atoms with Crippen molar-refractivity contribution in [1.29, 1.82) is 0 Å². The van der Waals surface area contributed by atoms with Gasteiger partial charge in [0.05, 0.1) is 5.56 Å². The molecular formula is C12H16N2O3. The Bertz CT molecular complexity index is 414. The highest BCUT2D eigenvalue weighted by Crippen LogP contribution is 2.08. The van der Waals surface area contributed by atoms with Gasteiger partial charge in [-0.2, -0.15) is 0 Å². The molecule has 1 rings (SSSR count). The van der Waals surface area contributed by atoms with Crippen molar-refractivity contribution >= 4 is 11.9 Å². The van der Waals surface area contributed by atoms with Crippen LogP contribution >= 0.6 is 0 Å². The van der Waals surface area contributed by atoms with Crippen LogP contribution in [-0.2, 0) is 0 Å². The number of rotatable bonds is 4. The van der Waals surface area contributed by atoms with Crippen molar-refractivity contribution in [3.63, 3.8) is 0 Å². The standard InChI is InChI=1S/C12H16N2O3/c1-4-8(2)14(3)11(15)9-5-6-10(12(16)17)13-7-9/h5-8H,4H2,1-3H3,(H,16,17). The zero-order valence-corrected chi connectivity index (χ0v) is 10.2. The molecule has 92 valence electrons. The Kier molecular flexibility index (Phi) is 4.20. The quantitative estimate of drug-likeness (QED) is 0.862. The van der Waals surface area contributed by atoms with Gasteiger partial charge in [0.15, 0.2) is 0 Å². The molecule has 0 aliphatic carbocycles. The lowest BCUT2D eigenvalue weighted by molar-refractivity contribution is 0.0686. The second-order valence-corrected chi connectivity index (χ2v) is 3.91. The van der Waals surface area contributed by atoms with Gasteiger partial charge in [0.2, 0.25) is 0 Å². The van der Waals surface area contributed by atoms with E-state index in [9.17, 15) is 9.59 Å². The van der Waals surface area contributed by atoms with E-state index in [2.05, 4.69) is 4.98 Å². The van der Waals surface area contributed by atoms with Gasteiger partial charge < -0.3 is 10.0 Å². The maximum absolute atomic E-state index is 12.0. The molecule has 0 aromatic carbocycles. The molecule has 5 nitrogen and oxygen atoms in total. The van der Waals surface area contributed by atoms with E-state index in [-0.39, 0.29) is 17.6 Å². The molecule has 0 saturated heterocycles. The fourth-order valence-corrected chi connectivity index (χ4v) is 1.32. The monoisotopic (exact) mass is 236 g/mol. The summed E-state index contributed by atoms with van der Waals surface area (Å²) in [6.07, 6.45) is 2.16. The highest BCUT2D eigenvalue weighted by molar-refractivity contribution is 5.94. The van der Waals surface area contributed by atoms with Crippen molar-refractivity contribution in [2.75, 3.05) is 7.05 Å². The second-order valence-electron chi connectivity index (χ2n) is 3.91. The van der Waals surface area contributed by atoms with Crippen LogP contribution in [0.2, 0.25) is 0 Å². The minimum absolute atomic E-state index is 0.0623. The average molecular weight is 236 g/mol. The number of amides is 1. The van der Waals surface area contributed by atoms with E-state index in [1.165, 1.54) is 18.3 Å². The molecule has 5 heteroatoms. The number of carbonyl (C=O) groups is 2. The first kappa shape index (κ1) is 13.2. The predicted molar refractivity (Wildman–Crippen MR) is 63.0 cm³/mol. The number of carboxylic acid groups (broad SMARTS) is 1. The molecular weight excluding hydrogens is 220 g/mol. The lowest BCUT2D eigenvalue weighted by atomic mass is 10.2. The molecule has 1 aromatic rings. The number of pyridine rings is 1. The van der Waals surface area contributed by atoms with Crippen LogP contribution in [0.1, 0.15) is 41.1 Å². The fourth-order valence-electron chi connectivity index (χ4n) is 1.32. The lowest BCUT2D eigenvalue weighted by Crippen LogP contribution is -2.34. The maximum Gasteiger partial charge on any atom is 0.354 e. The van der Waals surface area contributed by atoms with Gasteiger partial charge in [-0.1, -0.05) is 6.92 Å². The van der Waals surface area contributed by atoms with E-state index in [0.29, 0.717) is 5.56 Å². The van der Waals surface area contributed by atoms with Crippen LogP contribution in [0.3, 0.4) is 0 Å². The van der Waals surface area contributed by atoms with Gasteiger partial charge in [-0.05, 0) is 25.5 Å². The van der Waals surface area contributed by atoms with E-state index in [0.717, 1.165) is 6.42 Å². The number of aromatic carboxylic acids is 1. The molecule has 0 aliphatic heterocycles. The van der Waals surface area contributed by atoms with Gasteiger partial charge in [-0.25, -0.2) is 9.78 Å². The maximum atomic E-state index is 12.0. The van der Waals surface area contributed by atoms with Crippen molar-refractivity contribution in [3.05, 3.63) is 29.6 Å². The largest absolute Gasteiger partial charge is 0.477 e. The van der Waals surface area contributed by atoms with Crippen molar-refractivity contribution in [2.24, 2.45) is 0 Å². The van der Waals surface area contributed by atoms with Crippen molar-refractivity contribution in [3.8, 4) is 0 Å². The van der Waals surface area contributed by atoms with E-state index in [1.807, 2.05) is 13.8 Å². The van der Waals surface area contributed by atoms with Crippen molar-refractivity contribution in [2.45, 2.75) is 26.3 Å². The summed E-state index contributed by atoms with van der Waals surface area (Å²) in [5.74, 6) is -1.25. The third kappa shape index (κ3) is 3.03. The summed E-state index contributed by atoms with van der Waals surface area (Å²) in [7, 11) is 1.72. The van der Waals surface area contributed by atoms with E-state index < -0.39 is 5.97 Å². The summed E-state index contributed by atoms with van der Waals surface area (Å²) in [6, 6.07) is 2.96. The number of carbonyl (C=O) groups excluding carboxylic acids is 1. The topological polar surface area (TPSA) is 70.5 Å². The number of aromatic nitrogens is 1. The summed E-state index contributed by atoms with van der Waals surface area (Å²) in [5, 5.41) is 8.69. The molecule has 17 heavy (non-hydrogen) atoms. The Balaban J connectivity index is 2.86. The molecule has 0 saturated carbocycles. The second kappa shape index (κ2) is 5.43. The first-order chi connectivity index (χ1) is 7.97. The SMILES string of the molecule is CCC(C)N(C)C(=O)c1ccc(C(=O)O)nc1. The smallest absolute Gasteiger partial charge is 0.354 e. The summed E-state index contributed by atoms with van der Waals surface area (Å²) in [6.45, 7) is 3.96. The molecule has 1 N–H and O–H groups in total. The highest BCUT2D eigenvalue weighted by Gasteiger charge is 2.16. The average Bonchev–Trinajstić information content (AvgIpc) is 2.36. The van der Waals surface area contributed by atoms with Crippen LogP contribution in [-0.4, -0.2) is 40.0 Å². The van der Waals surface area contributed by atoms with Crippen molar-refractivity contribution in [1.82, 2.24) is 9.88 Å². The van der Waals surface area contributed by atoms with Crippen molar-refractivity contribution < 1.29 is 14.7 Å². The van der Waals surface area contributed by atoms with Crippen LogP contribution in [0.15, 0.2) is 18.3 Å². The summed E-state index contributed by atoms with van der Waals surface area (Å²) < 4.78 is 0. The third-order valence-corrected chi connectivity index (χ3v) is 2.80.